The first-order valence-electron chi connectivity index (χ1n) is 7.95. The third-order valence-corrected chi connectivity index (χ3v) is 6.38. The monoisotopic (exact) mass is 395 g/mol. The Labute approximate surface area is 156 Å². The molecule has 1 heterocycles. The number of nitrogens with zero attached hydrogens (tertiary/aromatic N) is 3. The molecule has 3 N–H and O–H groups in total. The van der Waals surface area contributed by atoms with Crippen molar-refractivity contribution in [3.05, 3.63) is 40.9 Å². The van der Waals surface area contributed by atoms with Gasteiger partial charge in [-0.05, 0) is 25.1 Å². The van der Waals surface area contributed by atoms with Gasteiger partial charge in [-0.2, -0.15) is 9.41 Å². The lowest BCUT2D eigenvalue weighted by atomic mass is 10.2. The van der Waals surface area contributed by atoms with Gasteiger partial charge in [-0.15, -0.1) is 11.3 Å². The highest BCUT2D eigenvalue weighted by Crippen LogP contribution is 2.17. The van der Waals surface area contributed by atoms with Crippen molar-refractivity contribution in [2.24, 2.45) is 5.10 Å². The molecule has 1 amide bonds. The number of sulfonamides is 1. The number of nitrogen functional groups attached to an aromatic ring is 1. The third kappa shape index (κ3) is 4.45. The summed E-state index contributed by atoms with van der Waals surface area (Å²) < 4.78 is 26.5. The van der Waals surface area contributed by atoms with Crippen molar-refractivity contribution in [3.63, 3.8) is 0 Å². The van der Waals surface area contributed by atoms with Gasteiger partial charge in [-0.3, -0.25) is 4.79 Å². The molecule has 0 atom stereocenters. The van der Waals surface area contributed by atoms with E-state index in [2.05, 4.69) is 15.5 Å². The van der Waals surface area contributed by atoms with Gasteiger partial charge >= 0.3 is 0 Å². The van der Waals surface area contributed by atoms with E-state index in [1.54, 1.807) is 26.2 Å². The number of hydrogen-bond donors (Lipinski definition) is 2. The summed E-state index contributed by atoms with van der Waals surface area (Å²) >= 11 is 1.28. The van der Waals surface area contributed by atoms with Crippen LogP contribution in [0.2, 0.25) is 0 Å². The predicted molar refractivity (Wildman–Crippen MR) is 103 cm³/mol. The van der Waals surface area contributed by atoms with Crippen molar-refractivity contribution >= 4 is 38.1 Å². The van der Waals surface area contributed by atoms with Crippen LogP contribution in [-0.4, -0.2) is 42.4 Å². The maximum atomic E-state index is 12.6. The molecular formula is C16H21N5O3S2. The number of aromatic nitrogens is 1. The first kappa shape index (κ1) is 20.0. The van der Waals surface area contributed by atoms with Crippen molar-refractivity contribution in [2.45, 2.75) is 25.7 Å². The first-order chi connectivity index (χ1) is 12.3. The van der Waals surface area contributed by atoms with Gasteiger partial charge in [0.25, 0.3) is 5.91 Å². The molecule has 0 aliphatic rings. The first-order valence-corrected chi connectivity index (χ1v) is 10.3. The van der Waals surface area contributed by atoms with E-state index in [-0.39, 0.29) is 10.5 Å². The Morgan fingerprint density at radius 1 is 1.35 bits per heavy atom. The van der Waals surface area contributed by atoms with Gasteiger partial charge in [0, 0.05) is 24.0 Å². The van der Waals surface area contributed by atoms with E-state index < -0.39 is 15.9 Å². The number of anilines is 1. The molecule has 1 aromatic heterocycles. The molecule has 0 saturated carbocycles. The van der Waals surface area contributed by atoms with E-state index in [4.69, 9.17) is 5.73 Å². The summed E-state index contributed by atoms with van der Waals surface area (Å²) in [6.45, 7) is 5.93. The number of nitrogens with one attached hydrogen (secondary N) is 1. The van der Waals surface area contributed by atoms with Gasteiger partial charge in [0.05, 0.1) is 16.3 Å². The van der Waals surface area contributed by atoms with Crippen LogP contribution >= 0.6 is 11.3 Å². The van der Waals surface area contributed by atoms with Crippen LogP contribution in [0.4, 0.5) is 5.13 Å². The summed E-state index contributed by atoms with van der Waals surface area (Å²) in [5.74, 6) is -0.510. The lowest BCUT2D eigenvalue weighted by Gasteiger charge is -2.18. The highest BCUT2D eigenvalue weighted by atomic mass is 32.2. The molecule has 26 heavy (non-hydrogen) atoms. The third-order valence-electron chi connectivity index (χ3n) is 3.66. The number of thiazole rings is 1. The summed E-state index contributed by atoms with van der Waals surface area (Å²) in [5.41, 5.74) is 9.25. The average molecular weight is 396 g/mol. The Morgan fingerprint density at radius 2 is 2.04 bits per heavy atom. The number of carbonyl (C=O) groups excluding carboxylic acids is 1. The van der Waals surface area contributed by atoms with Crippen molar-refractivity contribution < 1.29 is 13.2 Å². The number of hydrogen-bond acceptors (Lipinski definition) is 7. The van der Waals surface area contributed by atoms with Crippen LogP contribution in [-0.2, 0) is 10.0 Å². The summed E-state index contributed by atoms with van der Waals surface area (Å²) in [5, 5.41) is 6.14. The standard InChI is InChI=1S/C16H21N5O3S2/c1-4-21(5-2)26(23,24)13-8-6-7-12(9-13)15(22)20-19-11(3)14-10-25-16(17)18-14/h6-10H,4-5H2,1-3H3,(H2,17,18)(H,20,22)/b19-11+. The lowest BCUT2D eigenvalue weighted by Crippen LogP contribution is -2.30. The zero-order valence-corrected chi connectivity index (χ0v) is 16.4. The van der Waals surface area contributed by atoms with Gasteiger partial charge in [0.2, 0.25) is 10.0 Å². The number of nitrogens with two attached hydrogens (primary N) is 1. The molecule has 0 radical (unpaired) electrons. The molecule has 0 saturated heterocycles. The quantitative estimate of drug-likeness (QED) is 0.548. The molecule has 2 aromatic rings. The lowest BCUT2D eigenvalue weighted by molar-refractivity contribution is 0.0954. The molecule has 0 spiro atoms. The molecule has 0 bridgehead atoms. The number of hydrazone groups is 1. The molecule has 0 fully saturated rings. The maximum Gasteiger partial charge on any atom is 0.271 e. The smallest absolute Gasteiger partial charge is 0.271 e. The van der Waals surface area contributed by atoms with Crippen LogP contribution in [0.1, 0.15) is 36.8 Å². The normalized spacial score (nSPS) is 12.4. The molecule has 0 aliphatic heterocycles. The minimum absolute atomic E-state index is 0.0711. The van der Waals surface area contributed by atoms with Crippen molar-refractivity contribution in [1.82, 2.24) is 14.7 Å². The van der Waals surface area contributed by atoms with Gasteiger partial charge in [0.15, 0.2) is 5.13 Å². The van der Waals surface area contributed by atoms with Gasteiger partial charge in [-0.1, -0.05) is 19.9 Å². The van der Waals surface area contributed by atoms with Gasteiger partial charge < -0.3 is 5.73 Å². The summed E-state index contributed by atoms with van der Waals surface area (Å²) in [4.78, 5) is 16.5. The maximum absolute atomic E-state index is 12.6. The molecule has 2 rings (SSSR count). The predicted octanol–water partition coefficient (Wildman–Crippen LogP) is 1.91. The highest BCUT2D eigenvalue weighted by Gasteiger charge is 2.22. The van der Waals surface area contributed by atoms with Crippen LogP contribution < -0.4 is 11.2 Å². The molecule has 140 valence electrons. The summed E-state index contributed by atoms with van der Waals surface area (Å²) in [6.07, 6.45) is 0. The molecular weight excluding hydrogens is 374 g/mol. The fraction of sp³-hybridized carbons (Fsp3) is 0.312. The SMILES string of the molecule is CCN(CC)S(=O)(=O)c1cccc(C(=O)N/N=C(\C)c2csc(N)n2)c1. The van der Waals surface area contributed by atoms with E-state index in [0.29, 0.717) is 29.6 Å². The second-order valence-electron chi connectivity index (χ2n) is 5.33. The van der Waals surface area contributed by atoms with Crippen LogP contribution in [0.15, 0.2) is 39.6 Å². The fourth-order valence-corrected chi connectivity index (χ4v) is 4.33. The van der Waals surface area contributed by atoms with E-state index in [1.807, 2.05) is 0 Å². The van der Waals surface area contributed by atoms with E-state index in [9.17, 15) is 13.2 Å². The number of rotatable bonds is 7. The second-order valence-corrected chi connectivity index (χ2v) is 8.15. The Morgan fingerprint density at radius 3 is 2.62 bits per heavy atom. The minimum atomic E-state index is -3.63. The van der Waals surface area contributed by atoms with E-state index in [0.717, 1.165) is 0 Å². The zero-order chi connectivity index (χ0) is 19.3. The Hall–Kier alpha value is -2.30. The van der Waals surface area contributed by atoms with Gasteiger partial charge in [-0.25, -0.2) is 18.8 Å². The van der Waals surface area contributed by atoms with Crippen LogP contribution in [0.25, 0.3) is 0 Å². The minimum Gasteiger partial charge on any atom is -0.375 e. The van der Waals surface area contributed by atoms with E-state index in [1.165, 1.54) is 39.9 Å². The number of benzene rings is 1. The highest BCUT2D eigenvalue weighted by molar-refractivity contribution is 7.89. The van der Waals surface area contributed by atoms with Crippen LogP contribution in [0.3, 0.4) is 0 Å². The number of amides is 1. The second kappa shape index (κ2) is 8.39. The Kier molecular flexibility index (Phi) is 6.46. The average Bonchev–Trinajstić information content (AvgIpc) is 3.07. The summed E-state index contributed by atoms with van der Waals surface area (Å²) in [6, 6.07) is 5.87. The van der Waals surface area contributed by atoms with Gasteiger partial charge in [0.1, 0.15) is 0 Å². The number of carbonyl (C=O) groups is 1. The molecule has 0 aliphatic carbocycles. The topological polar surface area (TPSA) is 118 Å². The largest absolute Gasteiger partial charge is 0.375 e. The Bertz CT molecular complexity index is 917. The summed E-state index contributed by atoms with van der Waals surface area (Å²) in [7, 11) is -3.63. The Balaban J connectivity index is 2.20. The molecule has 0 unspecified atom stereocenters. The van der Waals surface area contributed by atoms with Crippen molar-refractivity contribution in [2.75, 3.05) is 18.8 Å². The zero-order valence-electron chi connectivity index (χ0n) is 14.8. The van der Waals surface area contributed by atoms with Crippen molar-refractivity contribution in [3.8, 4) is 0 Å². The van der Waals surface area contributed by atoms with Crippen LogP contribution in [0.5, 0.6) is 0 Å². The molecule has 1 aromatic carbocycles. The van der Waals surface area contributed by atoms with E-state index >= 15 is 0 Å². The van der Waals surface area contributed by atoms with Crippen molar-refractivity contribution in [1.29, 1.82) is 0 Å². The molecule has 8 nitrogen and oxygen atoms in total. The molecule has 10 heteroatoms. The van der Waals surface area contributed by atoms with Crippen LogP contribution in [0, 0.1) is 0 Å². The fourth-order valence-electron chi connectivity index (χ4n) is 2.22.